The van der Waals surface area contributed by atoms with E-state index in [1.54, 1.807) is 26.0 Å². The fourth-order valence-corrected chi connectivity index (χ4v) is 8.02. The van der Waals surface area contributed by atoms with Crippen LogP contribution < -0.4 is 0 Å². The third-order valence-corrected chi connectivity index (χ3v) is 9.05. The summed E-state index contributed by atoms with van der Waals surface area (Å²) in [4.78, 5) is 24.9. The van der Waals surface area contributed by atoms with Gasteiger partial charge in [0.15, 0.2) is 17.2 Å². The summed E-state index contributed by atoms with van der Waals surface area (Å²) < 4.78 is 39.8. The summed E-state index contributed by atoms with van der Waals surface area (Å²) in [7, 11) is 0. The molecule has 0 spiro atoms. The Kier molecular flexibility index (Phi) is 4.37. The Bertz CT molecular complexity index is 910. The quantitative estimate of drug-likeness (QED) is 0.716. The molecule has 0 aromatic heterocycles. The molecular weight excluding hydrogens is 406 g/mol. The van der Waals surface area contributed by atoms with Crippen LogP contribution in [0.5, 0.6) is 0 Å². The predicted molar refractivity (Wildman–Crippen MR) is 107 cm³/mol. The molecule has 0 aromatic carbocycles. The van der Waals surface area contributed by atoms with Crippen molar-refractivity contribution >= 4 is 11.6 Å². The van der Waals surface area contributed by atoms with Gasteiger partial charge in [-0.1, -0.05) is 25.5 Å². The highest BCUT2D eigenvalue weighted by molar-refractivity contribution is 6.01. The molecule has 1 aliphatic heterocycles. The van der Waals surface area contributed by atoms with Gasteiger partial charge in [-0.2, -0.15) is 0 Å². The number of hydrogen-bond donors (Lipinski definition) is 1. The smallest absolute Gasteiger partial charge is 0.299 e. The Hall–Kier alpha value is -1.44. The molecule has 5 nitrogen and oxygen atoms in total. The molecule has 1 N–H and O–H groups in total. The van der Waals surface area contributed by atoms with Crippen LogP contribution in [0, 0.1) is 28.6 Å². The predicted octanol–water partition coefficient (Wildman–Crippen LogP) is 3.60. The first-order valence-corrected chi connectivity index (χ1v) is 11.2. The van der Waals surface area contributed by atoms with E-state index >= 15 is 0 Å². The number of carbonyl (C=O) groups is 2. The van der Waals surface area contributed by atoms with E-state index in [2.05, 4.69) is 6.92 Å². The van der Waals surface area contributed by atoms with Crippen LogP contribution in [0.3, 0.4) is 0 Å². The van der Waals surface area contributed by atoms with E-state index in [1.807, 2.05) is 13.0 Å². The average molecular weight is 436 g/mol. The van der Waals surface area contributed by atoms with Crippen molar-refractivity contribution in [3.8, 4) is 0 Å². The molecule has 0 unspecified atom stereocenters. The van der Waals surface area contributed by atoms with Gasteiger partial charge in [0, 0.05) is 16.7 Å². The van der Waals surface area contributed by atoms with E-state index in [-0.39, 0.29) is 30.0 Å². The number of ether oxygens (including phenoxy) is 2. The summed E-state index contributed by atoms with van der Waals surface area (Å²) in [6, 6.07) is 0. The lowest BCUT2D eigenvalue weighted by Crippen LogP contribution is -2.64. The number of aliphatic hydroxyl groups excluding tert-OH is 1. The Morgan fingerprint density at radius 1 is 1.26 bits per heavy atom. The number of rotatable bonds is 2. The number of carbonyl (C=O) groups excluding carboxylic acids is 2. The molecule has 5 aliphatic rings. The van der Waals surface area contributed by atoms with Gasteiger partial charge in [-0.15, -0.1) is 0 Å². The molecule has 0 radical (unpaired) electrons. The molecule has 5 rings (SSSR count). The van der Waals surface area contributed by atoms with Gasteiger partial charge in [-0.05, 0) is 63.5 Å². The first-order chi connectivity index (χ1) is 14.4. The minimum Gasteiger partial charge on any atom is -0.393 e. The highest BCUT2D eigenvalue weighted by atomic mass is 19.3. The topological polar surface area (TPSA) is 72.8 Å². The molecule has 1 saturated heterocycles. The molecule has 3 saturated carbocycles. The molecule has 31 heavy (non-hydrogen) atoms. The third kappa shape index (κ3) is 2.57. The van der Waals surface area contributed by atoms with Gasteiger partial charge in [-0.25, -0.2) is 8.78 Å². The molecule has 4 aliphatic carbocycles. The summed E-state index contributed by atoms with van der Waals surface area (Å²) in [5.74, 6) is -2.66. The number of fused-ring (bicyclic) bond motifs is 7. The maximum atomic E-state index is 13.8. The summed E-state index contributed by atoms with van der Waals surface area (Å²) in [6.45, 7) is 7.18. The zero-order chi connectivity index (χ0) is 22.6. The van der Waals surface area contributed by atoms with E-state index in [4.69, 9.17) is 9.47 Å². The summed E-state index contributed by atoms with van der Waals surface area (Å²) in [5, 5.41) is 11.4. The van der Waals surface area contributed by atoms with Gasteiger partial charge in [0.1, 0.15) is 0 Å². The maximum Gasteiger partial charge on any atom is 0.299 e. The number of ketones is 2. The van der Waals surface area contributed by atoms with Crippen molar-refractivity contribution in [2.75, 3.05) is 0 Å². The first kappa shape index (κ1) is 21.4. The van der Waals surface area contributed by atoms with Gasteiger partial charge in [0.05, 0.1) is 12.2 Å². The van der Waals surface area contributed by atoms with E-state index in [0.29, 0.717) is 12.8 Å². The van der Waals surface area contributed by atoms with E-state index in [0.717, 1.165) is 12.0 Å². The number of aliphatic hydroxyl groups is 1. The van der Waals surface area contributed by atoms with Crippen LogP contribution in [0.15, 0.2) is 23.8 Å². The largest absolute Gasteiger partial charge is 0.393 e. The Labute approximate surface area is 180 Å². The molecule has 7 heteroatoms. The fraction of sp³-hybridized carbons (Fsp3) is 0.750. The molecular formula is C24H30F2O5. The third-order valence-electron chi connectivity index (χ3n) is 9.05. The van der Waals surface area contributed by atoms with Crippen molar-refractivity contribution in [3.63, 3.8) is 0 Å². The molecule has 0 aromatic rings. The summed E-state index contributed by atoms with van der Waals surface area (Å²) in [5.41, 5.74) is -2.17. The van der Waals surface area contributed by atoms with Crippen LogP contribution in [-0.4, -0.2) is 46.7 Å². The molecule has 1 heterocycles. The second-order valence-corrected chi connectivity index (χ2v) is 11.0. The standard InChI is InChI=1S/C24H30F2O5/c1-21(2)30-17-10-15-14-6-5-12-9-13(27)7-8-22(12,3)18(14)16(28)11-23(15,4)24(17,31-21)19(29)20(25)26/h7-9,14-18,20,28H,5-6,10-11H2,1-4H3/t14-,15-,16-,17+,18+,22-,23-,24-/m0/s1. The normalized spacial score (nSPS) is 49.9. The lowest BCUT2D eigenvalue weighted by atomic mass is 9.46. The second-order valence-electron chi connectivity index (χ2n) is 11.0. The van der Waals surface area contributed by atoms with Crippen molar-refractivity contribution in [3.05, 3.63) is 23.8 Å². The number of Topliss-reactive ketones (excluding diaryl/α,β-unsaturated/α-hetero) is 1. The van der Waals surface area contributed by atoms with Crippen LogP contribution in [0.1, 0.15) is 53.4 Å². The Morgan fingerprint density at radius 3 is 2.65 bits per heavy atom. The highest BCUT2D eigenvalue weighted by Crippen LogP contribution is 2.70. The number of halogens is 2. The maximum absolute atomic E-state index is 13.8. The monoisotopic (exact) mass is 436 g/mol. The lowest BCUT2D eigenvalue weighted by Gasteiger charge is -2.59. The summed E-state index contributed by atoms with van der Waals surface area (Å²) >= 11 is 0. The van der Waals surface area contributed by atoms with Crippen molar-refractivity contribution < 1.29 is 33.0 Å². The van der Waals surface area contributed by atoms with E-state index < -0.39 is 46.6 Å². The van der Waals surface area contributed by atoms with Crippen LogP contribution in [0.2, 0.25) is 0 Å². The van der Waals surface area contributed by atoms with Crippen LogP contribution in [-0.2, 0) is 19.1 Å². The Balaban J connectivity index is 1.60. The average Bonchev–Trinajstić information content (AvgIpc) is 3.07. The highest BCUT2D eigenvalue weighted by Gasteiger charge is 2.77. The molecule has 4 fully saturated rings. The van der Waals surface area contributed by atoms with E-state index in [1.165, 1.54) is 0 Å². The second kappa shape index (κ2) is 6.33. The minimum absolute atomic E-state index is 0.0111. The van der Waals surface area contributed by atoms with Crippen molar-refractivity contribution in [2.24, 2.45) is 28.6 Å². The Morgan fingerprint density at radius 2 is 1.97 bits per heavy atom. The van der Waals surface area contributed by atoms with Crippen molar-refractivity contribution in [1.29, 1.82) is 0 Å². The van der Waals surface area contributed by atoms with Crippen LogP contribution in [0.4, 0.5) is 8.78 Å². The van der Waals surface area contributed by atoms with Gasteiger partial charge >= 0.3 is 0 Å². The van der Waals surface area contributed by atoms with Crippen LogP contribution >= 0.6 is 0 Å². The molecule has 8 atom stereocenters. The first-order valence-electron chi connectivity index (χ1n) is 11.2. The zero-order valence-corrected chi connectivity index (χ0v) is 18.4. The number of alkyl halides is 2. The van der Waals surface area contributed by atoms with Crippen molar-refractivity contribution in [1.82, 2.24) is 0 Å². The summed E-state index contributed by atoms with van der Waals surface area (Å²) in [6.07, 6.45) is 2.46. The van der Waals surface area contributed by atoms with Crippen molar-refractivity contribution in [2.45, 2.75) is 83.4 Å². The van der Waals surface area contributed by atoms with Gasteiger partial charge in [0.25, 0.3) is 6.43 Å². The van der Waals surface area contributed by atoms with E-state index in [9.17, 15) is 23.5 Å². The molecule has 170 valence electrons. The molecule has 0 amide bonds. The van der Waals surface area contributed by atoms with Gasteiger partial charge < -0.3 is 14.6 Å². The molecule has 0 bridgehead atoms. The lowest BCUT2D eigenvalue weighted by molar-refractivity contribution is -0.228. The number of hydrogen-bond acceptors (Lipinski definition) is 5. The van der Waals surface area contributed by atoms with Crippen LogP contribution in [0.25, 0.3) is 0 Å². The minimum atomic E-state index is -3.17. The zero-order valence-electron chi connectivity index (χ0n) is 18.4. The fourth-order valence-electron chi connectivity index (χ4n) is 8.02. The SMILES string of the molecule is CC1(C)O[C@@H]2C[C@H]3[C@@H]4CCC5=CC(=O)C=C[C@]5(C)[C@H]4[C@@H](O)C[C@]3(C)[C@]2(C(=O)C(F)F)O1. The van der Waals surface area contributed by atoms with Gasteiger partial charge in [0.2, 0.25) is 5.78 Å². The van der Waals surface area contributed by atoms with Gasteiger partial charge in [-0.3, -0.25) is 9.59 Å². The number of allylic oxidation sites excluding steroid dienone is 4.